The molecule has 0 saturated heterocycles. The molecule has 0 aliphatic heterocycles. The standard InChI is InChI=1S/C26H31N3O3S2/c1-26(2,3)17-8-9-18-20(13-17)34-24(22(18)25(31)32-4)29-21(30)10-11-33-23-16(14-27)12-15-6-5-7-19(15)28-23/h12,17H,5-11,13H2,1-4H3,(H,29,30). The van der Waals surface area contributed by atoms with Gasteiger partial charge in [-0.05, 0) is 67.1 Å². The molecule has 180 valence electrons. The first-order valence-corrected chi connectivity index (χ1v) is 13.6. The van der Waals surface area contributed by atoms with Gasteiger partial charge in [-0.25, -0.2) is 9.78 Å². The summed E-state index contributed by atoms with van der Waals surface area (Å²) in [4.78, 5) is 31.2. The van der Waals surface area contributed by atoms with E-state index in [0.29, 0.717) is 32.8 Å². The molecule has 1 atom stereocenters. The molecule has 0 saturated carbocycles. The van der Waals surface area contributed by atoms with E-state index in [1.807, 2.05) is 6.07 Å². The van der Waals surface area contributed by atoms with Crippen LogP contribution in [0.25, 0.3) is 0 Å². The van der Waals surface area contributed by atoms with Crippen molar-refractivity contribution in [1.82, 2.24) is 4.98 Å². The van der Waals surface area contributed by atoms with Crippen molar-refractivity contribution in [2.45, 2.75) is 70.7 Å². The molecule has 1 amide bonds. The predicted octanol–water partition coefficient (Wildman–Crippen LogP) is 5.56. The molecule has 2 aliphatic carbocycles. The number of carbonyl (C=O) groups is 2. The Morgan fingerprint density at radius 1 is 1.32 bits per heavy atom. The average Bonchev–Trinajstić information content (AvgIpc) is 3.40. The Hall–Kier alpha value is -2.37. The van der Waals surface area contributed by atoms with Gasteiger partial charge in [0.1, 0.15) is 16.1 Å². The van der Waals surface area contributed by atoms with Crippen molar-refractivity contribution in [3.8, 4) is 6.07 Å². The number of esters is 1. The maximum atomic E-state index is 12.8. The van der Waals surface area contributed by atoms with Gasteiger partial charge in [0.15, 0.2) is 0 Å². The molecule has 2 aliphatic rings. The summed E-state index contributed by atoms with van der Waals surface area (Å²) in [6, 6.07) is 4.18. The number of amides is 1. The van der Waals surface area contributed by atoms with Crippen LogP contribution in [0.15, 0.2) is 11.1 Å². The number of hydrogen-bond acceptors (Lipinski definition) is 7. The molecule has 8 heteroatoms. The second-order valence-corrected chi connectivity index (χ2v) is 12.3. The molecule has 2 heterocycles. The Kier molecular flexibility index (Phi) is 7.34. The number of thiophene rings is 1. The highest BCUT2D eigenvalue weighted by molar-refractivity contribution is 7.99. The third-order valence-corrected chi connectivity index (χ3v) is 9.00. The molecule has 0 bridgehead atoms. The second-order valence-electron chi connectivity index (χ2n) is 10.1. The topological polar surface area (TPSA) is 92.1 Å². The van der Waals surface area contributed by atoms with Gasteiger partial charge in [-0.15, -0.1) is 23.1 Å². The van der Waals surface area contributed by atoms with Crippen LogP contribution in [0.2, 0.25) is 0 Å². The minimum absolute atomic E-state index is 0.150. The van der Waals surface area contributed by atoms with Crippen molar-refractivity contribution in [2.24, 2.45) is 11.3 Å². The number of aromatic nitrogens is 1. The first kappa shape index (κ1) is 24.7. The summed E-state index contributed by atoms with van der Waals surface area (Å²) in [5.74, 6) is 0.510. The monoisotopic (exact) mass is 497 g/mol. The number of nitrogens with one attached hydrogen (secondary N) is 1. The van der Waals surface area contributed by atoms with E-state index in [1.54, 1.807) is 0 Å². The quantitative estimate of drug-likeness (QED) is 0.415. The van der Waals surface area contributed by atoms with Crippen LogP contribution in [0.4, 0.5) is 5.00 Å². The van der Waals surface area contributed by atoms with E-state index in [4.69, 9.17) is 4.74 Å². The smallest absolute Gasteiger partial charge is 0.341 e. The van der Waals surface area contributed by atoms with Gasteiger partial charge in [-0.3, -0.25) is 4.79 Å². The fraction of sp³-hybridized carbons (Fsp3) is 0.538. The molecule has 0 spiro atoms. The molecule has 0 radical (unpaired) electrons. The number of anilines is 1. The van der Waals surface area contributed by atoms with Crippen molar-refractivity contribution < 1.29 is 14.3 Å². The lowest BCUT2D eigenvalue weighted by Crippen LogP contribution is -2.26. The number of rotatable bonds is 6. The fourth-order valence-electron chi connectivity index (χ4n) is 4.80. The van der Waals surface area contributed by atoms with Gasteiger partial charge in [0.05, 0.1) is 18.2 Å². The third-order valence-electron chi connectivity index (χ3n) is 6.84. The van der Waals surface area contributed by atoms with E-state index in [-0.39, 0.29) is 17.7 Å². The number of fused-ring (bicyclic) bond motifs is 2. The molecule has 1 unspecified atom stereocenters. The Morgan fingerprint density at radius 3 is 2.82 bits per heavy atom. The number of hydrogen-bond donors (Lipinski definition) is 1. The summed E-state index contributed by atoms with van der Waals surface area (Å²) in [6.07, 6.45) is 6.04. The zero-order chi connectivity index (χ0) is 24.5. The van der Waals surface area contributed by atoms with E-state index >= 15 is 0 Å². The molecule has 1 N–H and O–H groups in total. The molecular formula is C26H31N3O3S2. The molecule has 34 heavy (non-hydrogen) atoms. The number of aryl methyl sites for hydroxylation is 2. The van der Waals surface area contributed by atoms with Crippen LogP contribution < -0.4 is 5.32 Å². The number of thioether (sulfide) groups is 1. The van der Waals surface area contributed by atoms with E-state index in [9.17, 15) is 14.9 Å². The zero-order valence-corrected chi connectivity index (χ0v) is 21.9. The van der Waals surface area contributed by atoms with Crippen molar-refractivity contribution in [3.63, 3.8) is 0 Å². The highest BCUT2D eigenvalue weighted by atomic mass is 32.2. The van der Waals surface area contributed by atoms with E-state index in [2.05, 4.69) is 37.1 Å². The van der Waals surface area contributed by atoms with Gasteiger partial charge in [0.2, 0.25) is 5.91 Å². The number of nitriles is 1. The highest BCUT2D eigenvalue weighted by Crippen LogP contribution is 2.44. The van der Waals surface area contributed by atoms with Gasteiger partial charge < -0.3 is 10.1 Å². The number of nitrogens with zero attached hydrogens (tertiary/aromatic N) is 2. The lowest BCUT2D eigenvalue weighted by atomic mass is 9.72. The number of pyridine rings is 1. The van der Waals surface area contributed by atoms with Gasteiger partial charge >= 0.3 is 5.97 Å². The predicted molar refractivity (Wildman–Crippen MR) is 136 cm³/mol. The number of carbonyl (C=O) groups excluding carboxylic acids is 2. The van der Waals surface area contributed by atoms with Crippen molar-refractivity contribution >= 4 is 40.0 Å². The Labute approximate surface area is 209 Å². The molecule has 4 rings (SSSR count). The van der Waals surface area contributed by atoms with Crippen LogP contribution in [-0.2, 0) is 35.2 Å². The molecular weight excluding hydrogens is 466 g/mol. The molecule has 0 aromatic carbocycles. The fourth-order valence-corrected chi connectivity index (χ4v) is 7.05. The SMILES string of the molecule is COC(=O)c1c(NC(=O)CCSc2nc3c(cc2C#N)CCC3)sc2c1CCC(C(C)(C)C)C2. The minimum Gasteiger partial charge on any atom is -0.465 e. The number of ether oxygens (including phenoxy) is 1. The first-order chi connectivity index (χ1) is 16.2. The van der Waals surface area contributed by atoms with E-state index < -0.39 is 5.97 Å². The van der Waals surface area contributed by atoms with Gasteiger partial charge in [-0.2, -0.15) is 5.26 Å². The van der Waals surface area contributed by atoms with E-state index in [0.717, 1.165) is 49.8 Å². The summed E-state index contributed by atoms with van der Waals surface area (Å²) >= 11 is 2.95. The van der Waals surface area contributed by atoms with Crippen LogP contribution in [0.5, 0.6) is 0 Å². The lowest BCUT2D eigenvalue weighted by molar-refractivity contribution is -0.115. The molecule has 6 nitrogen and oxygen atoms in total. The normalized spacial score (nSPS) is 17.0. The minimum atomic E-state index is -0.391. The largest absolute Gasteiger partial charge is 0.465 e. The third kappa shape index (κ3) is 5.16. The lowest BCUT2D eigenvalue weighted by Gasteiger charge is -2.33. The van der Waals surface area contributed by atoms with Gasteiger partial charge in [0, 0.05) is 22.7 Å². The second kappa shape index (κ2) is 10.1. The van der Waals surface area contributed by atoms with E-state index in [1.165, 1.54) is 40.6 Å². The Balaban J connectivity index is 1.44. The average molecular weight is 498 g/mol. The molecule has 2 aromatic rings. The summed E-state index contributed by atoms with van der Waals surface area (Å²) in [5.41, 5.74) is 4.57. The van der Waals surface area contributed by atoms with Crippen molar-refractivity contribution in [2.75, 3.05) is 18.2 Å². The summed E-state index contributed by atoms with van der Waals surface area (Å²) in [7, 11) is 1.38. The van der Waals surface area contributed by atoms with Crippen LogP contribution in [0, 0.1) is 22.7 Å². The van der Waals surface area contributed by atoms with Crippen LogP contribution >= 0.6 is 23.1 Å². The summed E-state index contributed by atoms with van der Waals surface area (Å²) in [6.45, 7) is 6.77. The molecule has 2 aromatic heterocycles. The van der Waals surface area contributed by atoms with Crippen molar-refractivity contribution in [3.05, 3.63) is 38.9 Å². The summed E-state index contributed by atoms with van der Waals surface area (Å²) < 4.78 is 5.05. The van der Waals surface area contributed by atoms with Gasteiger partial charge in [0.25, 0.3) is 0 Å². The Morgan fingerprint density at radius 2 is 2.12 bits per heavy atom. The van der Waals surface area contributed by atoms with Crippen LogP contribution in [0.1, 0.15) is 77.7 Å². The number of methoxy groups -OCH3 is 1. The first-order valence-electron chi connectivity index (χ1n) is 11.8. The zero-order valence-electron chi connectivity index (χ0n) is 20.2. The van der Waals surface area contributed by atoms with Gasteiger partial charge in [-0.1, -0.05) is 20.8 Å². The van der Waals surface area contributed by atoms with Crippen molar-refractivity contribution in [1.29, 1.82) is 5.26 Å². The molecule has 0 fully saturated rings. The highest BCUT2D eigenvalue weighted by Gasteiger charge is 2.34. The van der Waals surface area contributed by atoms with Crippen LogP contribution in [-0.4, -0.2) is 29.7 Å². The summed E-state index contributed by atoms with van der Waals surface area (Å²) in [5, 5.41) is 13.7. The maximum Gasteiger partial charge on any atom is 0.341 e. The maximum absolute atomic E-state index is 12.8. The van der Waals surface area contributed by atoms with Crippen LogP contribution in [0.3, 0.4) is 0 Å². The Bertz CT molecular complexity index is 1160.